The maximum atomic E-state index is 13.0. The predicted molar refractivity (Wildman–Crippen MR) is 124 cm³/mol. The number of amides is 2. The van der Waals surface area contributed by atoms with Crippen molar-refractivity contribution < 1.29 is 9.59 Å². The van der Waals surface area contributed by atoms with E-state index in [1.54, 1.807) is 23.6 Å². The molecule has 0 saturated heterocycles. The molecule has 2 aromatic rings. The van der Waals surface area contributed by atoms with E-state index in [0.717, 1.165) is 21.4 Å². The van der Waals surface area contributed by atoms with E-state index in [2.05, 4.69) is 21.2 Å². The summed E-state index contributed by atoms with van der Waals surface area (Å²) in [5, 5.41) is 3.58. The fraction of sp³-hybridized carbons (Fsp3) is 0.364. The quantitative estimate of drug-likeness (QED) is 0.439. The molecule has 0 unspecified atom stereocenters. The molecule has 29 heavy (non-hydrogen) atoms. The maximum Gasteiger partial charge on any atom is 0.242 e. The Morgan fingerprint density at radius 1 is 1.14 bits per heavy atom. The number of hydrogen-bond donors (Lipinski definition) is 1. The van der Waals surface area contributed by atoms with E-state index in [0.29, 0.717) is 30.3 Å². The largest absolute Gasteiger partial charge is 0.354 e. The third-order valence-corrected chi connectivity index (χ3v) is 6.18. The predicted octanol–water partition coefficient (Wildman–Crippen LogP) is 5.53. The van der Waals surface area contributed by atoms with Crippen LogP contribution in [0.4, 0.5) is 0 Å². The fourth-order valence-corrected chi connectivity index (χ4v) is 3.93. The molecular formula is C22H26BrClN2O2S. The summed E-state index contributed by atoms with van der Waals surface area (Å²) in [5.74, 6) is 0.483. The van der Waals surface area contributed by atoms with Crippen LogP contribution in [-0.2, 0) is 16.1 Å². The Labute approximate surface area is 190 Å². The molecule has 0 aliphatic rings. The van der Waals surface area contributed by atoms with Gasteiger partial charge in [0.05, 0.1) is 0 Å². The topological polar surface area (TPSA) is 49.4 Å². The molecule has 0 aliphatic carbocycles. The molecule has 1 N–H and O–H groups in total. The van der Waals surface area contributed by atoms with Crippen molar-refractivity contribution in [2.45, 2.75) is 44.2 Å². The van der Waals surface area contributed by atoms with E-state index in [1.807, 2.05) is 55.5 Å². The highest BCUT2D eigenvalue weighted by atomic mass is 79.9. The molecule has 1 atom stereocenters. The summed E-state index contributed by atoms with van der Waals surface area (Å²) in [7, 11) is 0. The number of carbonyl (C=O) groups is 2. The molecule has 0 aromatic heterocycles. The molecule has 0 spiro atoms. The van der Waals surface area contributed by atoms with Crippen LogP contribution >= 0.6 is 39.3 Å². The minimum absolute atomic E-state index is 0.0338. The summed E-state index contributed by atoms with van der Waals surface area (Å²) in [4.78, 5) is 28.2. The van der Waals surface area contributed by atoms with Crippen molar-refractivity contribution in [1.29, 1.82) is 0 Å². The van der Waals surface area contributed by atoms with Crippen molar-refractivity contribution in [3.8, 4) is 0 Å². The number of nitrogens with one attached hydrogen (secondary N) is 1. The Kier molecular flexibility index (Phi) is 10.0. The van der Waals surface area contributed by atoms with Gasteiger partial charge in [0.2, 0.25) is 11.8 Å². The van der Waals surface area contributed by atoms with Gasteiger partial charge in [-0.25, -0.2) is 0 Å². The normalized spacial score (nSPS) is 11.7. The molecule has 0 heterocycles. The van der Waals surface area contributed by atoms with Crippen LogP contribution in [0.25, 0.3) is 0 Å². The lowest BCUT2D eigenvalue weighted by molar-refractivity contribution is -0.140. The molecular weight excluding hydrogens is 472 g/mol. The van der Waals surface area contributed by atoms with Gasteiger partial charge in [-0.05, 0) is 55.3 Å². The van der Waals surface area contributed by atoms with Crippen LogP contribution in [0.15, 0.2) is 57.9 Å². The van der Waals surface area contributed by atoms with E-state index in [4.69, 9.17) is 11.6 Å². The van der Waals surface area contributed by atoms with Crippen LogP contribution in [-0.4, -0.2) is 35.1 Å². The van der Waals surface area contributed by atoms with E-state index in [9.17, 15) is 9.59 Å². The number of thioether (sulfide) groups is 1. The van der Waals surface area contributed by atoms with Crippen molar-refractivity contribution in [2.24, 2.45) is 0 Å². The zero-order valence-electron chi connectivity index (χ0n) is 16.7. The monoisotopic (exact) mass is 496 g/mol. The standard InChI is InChI=1S/C22H26BrClN2O2S/c1-3-13-25-22(28)16(2)26(15-17-4-6-18(23)7-5-17)21(27)12-14-29-20-10-8-19(24)9-11-20/h4-11,16H,3,12-15H2,1-2H3,(H,25,28)/t16-/m0/s1. The van der Waals surface area contributed by atoms with Crippen LogP contribution in [0.1, 0.15) is 32.3 Å². The maximum absolute atomic E-state index is 13.0. The number of nitrogens with zero attached hydrogens (tertiary/aromatic N) is 1. The number of rotatable bonds is 10. The van der Waals surface area contributed by atoms with Crippen LogP contribution in [0.5, 0.6) is 0 Å². The van der Waals surface area contributed by atoms with Gasteiger partial charge in [0, 0.05) is 39.7 Å². The van der Waals surface area contributed by atoms with E-state index < -0.39 is 6.04 Å². The van der Waals surface area contributed by atoms with Crippen molar-refractivity contribution in [2.75, 3.05) is 12.3 Å². The van der Waals surface area contributed by atoms with Gasteiger partial charge in [0.15, 0.2) is 0 Å². The molecule has 0 radical (unpaired) electrons. The summed E-state index contributed by atoms with van der Waals surface area (Å²) in [6.45, 7) is 4.80. The molecule has 2 aromatic carbocycles. The smallest absolute Gasteiger partial charge is 0.242 e. The lowest BCUT2D eigenvalue weighted by Crippen LogP contribution is -2.47. The van der Waals surface area contributed by atoms with Gasteiger partial charge in [-0.2, -0.15) is 0 Å². The molecule has 7 heteroatoms. The third kappa shape index (κ3) is 8.03. The van der Waals surface area contributed by atoms with Crippen molar-refractivity contribution in [1.82, 2.24) is 10.2 Å². The third-order valence-electron chi connectivity index (χ3n) is 4.38. The second-order valence-corrected chi connectivity index (χ2v) is 9.19. The minimum atomic E-state index is -0.529. The van der Waals surface area contributed by atoms with Gasteiger partial charge in [-0.1, -0.05) is 46.6 Å². The molecule has 0 bridgehead atoms. The SMILES string of the molecule is CCCNC(=O)[C@H](C)N(Cc1ccc(Br)cc1)C(=O)CCSc1ccc(Cl)cc1. The fourth-order valence-electron chi connectivity index (χ4n) is 2.70. The minimum Gasteiger partial charge on any atom is -0.354 e. The Bertz CT molecular complexity index is 799. The summed E-state index contributed by atoms with van der Waals surface area (Å²) >= 11 is 10.9. The van der Waals surface area contributed by atoms with Crippen LogP contribution in [0.3, 0.4) is 0 Å². The second kappa shape index (κ2) is 12.3. The van der Waals surface area contributed by atoms with Gasteiger partial charge in [0.1, 0.15) is 6.04 Å². The molecule has 0 saturated carbocycles. The second-order valence-electron chi connectivity index (χ2n) is 6.67. The van der Waals surface area contributed by atoms with Crippen LogP contribution < -0.4 is 5.32 Å². The highest BCUT2D eigenvalue weighted by molar-refractivity contribution is 9.10. The zero-order valence-corrected chi connectivity index (χ0v) is 19.8. The Morgan fingerprint density at radius 2 is 1.79 bits per heavy atom. The Morgan fingerprint density at radius 3 is 2.41 bits per heavy atom. The van der Waals surface area contributed by atoms with Crippen LogP contribution in [0.2, 0.25) is 5.02 Å². The average molecular weight is 498 g/mol. The van der Waals surface area contributed by atoms with Crippen molar-refractivity contribution in [3.05, 3.63) is 63.6 Å². The molecule has 156 valence electrons. The highest BCUT2D eigenvalue weighted by Gasteiger charge is 2.25. The first-order valence-electron chi connectivity index (χ1n) is 9.60. The first kappa shape index (κ1) is 23.8. The van der Waals surface area contributed by atoms with Crippen LogP contribution in [0, 0.1) is 0 Å². The summed E-state index contributed by atoms with van der Waals surface area (Å²) < 4.78 is 0.979. The summed E-state index contributed by atoms with van der Waals surface area (Å²) in [6, 6.07) is 14.8. The number of hydrogen-bond acceptors (Lipinski definition) is 3. The Balaban J connectivity index is 2.03. The van der Waals surface area contributed by atoms with E-state index in [-0.39, 0.29) is 11.8 Å². The molecule has 2 amide bonds. The zero-order chi connectivity index (χ0) is 21.2. The van der Waals surface area contributed by atoms with Gasteiger partial charge in [-0.15, -0.1) is 11.8 Å². The summed E-state index contributed by atoms with van der Waals surface area (Å²) in [6.07, 6.45) is 1.21. The van der Waals surface area contributed by atoms with Crippen molar-refractivity contribution >= 4 is 51.1 Å². The van der Waals surface area contributed by atoms with E-state index in [1.165, 1.54) is 0 Å². The van der Waals surface area contributed by atoms with E-state index >= 15 is 0 Å². The van der Waals surface area contributed by atoms with Gasteiger partial charge >= 0.3 is 0 Å². The molecule has 0 aliphatic heterocycles. The molecule has 2 rings (SSSR count). The first-order chi connectivity index (χ1) is 13.9. The number of benzene rings is 2. The average Bonchev–Trinajstić information content (AvgIpc) is 2.72. The first-order valence-corrected chi connectivity index (χ1v) is 11.8. The van der Waals surface area contributed by atoms with Gasteiger partial charge in [0.25, 0.3) is 0 Å². The van der Waals surface area contributed by atoms with Gasteiger partial charge in [-0.3, -0.25) is 9.59 Å². The lowest BCUT2D eigenvalue weighted by Gasteiger charge is -2.29. The highest BCUT2D eigenvalue weighted by Crippen LogP contribution is 2.22. The molecule has 4 nitrogen and oxygen atoms in total. The lowest BCUT2D eigenvalue weighted by atomic mass is 10.1. The Hall–Kier alpha value is -1.50. The van der Waals surface area contributed by atoms with Crippen molar-refractivity contribution in [3.63, 3.8) is 0 Å². The number of halogens is 2. The van der Waals surface area contributed by atoms with Gasteiger partial charge < -0.3 is 10.2 Å². The number of carbonyl (C=O) groups excluding carboxylic acids is 2. The summed E-state index contributed by atoms with van der Waals surface area (Å²) in [5.41, 5.74) is 0.988. The molecule has 0 fully saturated rings.